The average Bonchev–Trinajstić information content (AvgIpc) is 3.35. The molecule has 0 bridgehead atoms. The fourth-order valence-corrected chi connectivity index (χ4v) is 12.5. The first kappa shape index (κ1) is 24.1. The van der Waals surface area contributed by atoms with Crippen LogP contribution in [-0.4, -0.2) is 33.2 Å². The van der Waals surface area contributed by atoms with Gasteiger partial charge in [0.1, 0.15) is 0 Å². The molecular formula is C20H26S8. The van der Waals surface area contributed by atoms with Crippen LogP contribution in [0.15, 0.2) is 44.9 Å². The fraction of sp³-hybridized carbons (Fsp3) is 0.500. The van der Waals surface area contributed by atoms with Gasteiger partial charge in [0, 0.05) is 0 Å². The lowest BCUT2D eigenvalue weighted by Crippen LogP contribution is -2.08. The topological polar surface area (TPSA) is 0 Å². The summed E-state index contributed by atoms with van der Waals surface area (Å²) in [6.45, 7) is 0. The monoisotopic (exact) mass is 522 g/mol. The molecule has 0 N–H and O–H groups in total. The lowest BCUT2D eigenvalue weighted by molar-refractivity contribution is 1.04. The normalized spacial score (nSPS) is 24.1. The van der Waals surface area contributed by atoms with Crippen molar-refractivity contribution >= 4 is 95.8 Å². The van der Waals surface area contributed by atoms with E-state index in [2.05, 4.69) is 72.9 Å². The van der Waals surface area contributed by atoms with Gasteiger partial charge in [-0.15, -0.1) is 47.0 Å². The predicted octanol–water partition coefficient (Wildman–Crippen LogP) is 8.43. The fourth-order valence-electron chi connectivity index (χ4n) is 3.10. The highest BCUT2D eigenvalue weighted by Gasteiger charge is 2.30. The highest BCUT2D eigenvalue weighted by molar-refractivity contribution is 8.24. The molecule has 0 aromatic heterocycles. The standard InChI is InChI=1S/C20H26S8/c1-23-17(19-25-11-15(27-19)7-9-21)13-3-5-14(6-4-13)18(24-2)20-26-12-16(28-20)8-10-22/h3-6,11-12,17-22H,7-10H2,1-2H3. The molecule has 0 radical (unpaired) electrons. The molecule has 2 aliphatic rings. The van der Waals surface area contributed by atoms with Crippen LogP contribution in [-0.2, 0) is 0 Å². The van der Waals surface area contributed by atoms with Crippen LogP contribution >= 0.6 is 95.8 Å². The Morgan fingerprint density at radius 3 is 1.50 bits per heavy atom. The van der Waals surface area contributed by atoms with Crippen LogP contribution in [0.5, 0.6) is 0 Å². The Morgan fingerprint density at radius 1 is 0.786 bits per heavy atom. The molecule has 4 unspecified atom stereocenters. The molecule has 154 valence electrons. The minimum Gasteiger partial charge on any atom is -0.179 e. The van der Waals surface area contributed by atoms with Gasteiger partial charge >= 0.3 is 0 Å². The average molecular weight is 523 g/mol. The number of thioether (sulfide) groups is 6. The van der Waals surface area contributed by atoms with Crippen LogP contribution in [0.2, 0.25) is 0 Å². The quantitative estimate of drug-likeness (QED) is 0.294. The van der Waals surface area contributed by atoms with Crippen molar-refractivity contribution in [1.29, 1.82) is 0 Å². The maximum absolute atomic E-state index is 4.38. The van der Waals surface area contributed by atoms with Crippen molar-refractivity contribution in [3.05, 3.63) is 56.0 Å². The summed E-state index contributed by atoms with van der Waals surface area (Å²) < 4.78 is 1.14. The van der Waals surface area contributed by atoms with E-state index in [-0.39, 0.29) is 0 Å². The number of rotatable bonds is 10. The van der Waals surface area contributed by atoms with E-state index in [1.54, 1.807) is 0 Å². The molecule has 0 saturated heterocycles. The van der Waals surface area contributed by atoms with Gasteiger partial charge in [-0.3, -0.25) is 0 Å². The summed E-state index contributed by atoms with van der Waals surface area (Å²) in [5, 5.41) is 5.72. The Bertz CT molecular complexity index is 625. The van der Waals surface area contributed by atoms with Gasteiger partial charge in [0.2, 0.25) is 0 Å². The second-order valence-electron chi connectivity index (χ2n) is 6.34. The van der Waals surface area contributed by atoms with E-state index in [1.807, 2.05) is 70.6 Å². The van der Waals surface area contributed by atoms with Crippen molar-refractivity contribution in [1.82, 2.24) is 0 Å². The van der Waals surface area contributed by atoms with Crippen LogP contribution in [0.25, 0.3) is 0 Å². The van der Waals surface area contributed by atoms with E-state index in [0.717, 1.165) is 24.3 Å². The second kappa shape index (κ2) is 12.5. The largest absolute Gasteiger partial charge is 0.179 e. The van der Waals surface area contributed by atoms with Gasteiger partial charge in [0.25, 0.3) is 0 Å². The van der Waals surface area contributed by atoms with Crippen LogP contribution in [0, 0.1) is 0 Å². The van der Waals surface area contributed by atoms with Crippen LogP contribution < -0.4 is 0 Å². The molecule has 2 heterocycles. The third-order valence-corrected chi connectivity index (χ3v) is 13.5. The molecule has 0 saturated carbocycles. The molecule has 1 aromatic carbocycles. The highest BCUT2D eigenvalue weighted by atomic mass is 32.2. The summed E-state index contributed by atoms with van der Waals surface area (Å²) in [7, 11) is 0. The third kappa shape index (κ3) is 6.27. The summed E-state index contributed by atoms with van der Waals surface area (Å²) in [5.41, 5.74) is 2.89. The molecule has 0 spiro atoms. The number of allylic oxidation sites excluding steroid dienone is 2. The van der Waals surface area contributed by atoms with Gasteiger partial charge in [0.05, 0.1) is 19.7 Å². The Labute approximate surface area is 206 Å². The molecule has 28 heavy (non-hydrogen) atoms. The van der Waals surface area contributed by atoms with Gasteiger partial charge in [-0.25, -0.2) is 0 Å². The molecule has 0 nitrogen and oxygen atoms in total. The van der Waals surface area contributed by atoms with Crippen LogP contribution in [0.4, 0.5) is 0 Å². The first-order valence-electron chi connectivity index (χ1n) is 9.09. The summed E-state index contributed by atoms with van der Waals surface area (Å²) >= 11 is 20.7. The van der Waals surface area contributed by atoms with E-state index in [1.165, 1.54) is 20.9 Å². The Balaban J connectivity index is 1.65. The first-order chi connectivity index (χ1) is 13.7. The summed E-state index contributed by atoms with van der Waals surface area (Å²) in [6, 6.07) is 9.46. The van der Waals surface area contributed by atoms with E-state index in [0.29, 0.717) is 19.7 Å². The van der Waals surface area contributed by atoms with E-state index >= 15 is 0 Å². The summed E-state index contributed by atoms with van der Waals surface area (Å²) in [5.74, 6) is 1.87. The van der Waals surface area contributed by atoms with Gasteiger partial charge in [-0.2, -0.15) is 48.8 Å². The molecule has 1 aromatic rings. The van der Waals surface area contributed by atoms with Crippen molar-refractivity contribution in [2.45, 2.75) is 32.5 Å². The molecule has 4 atom stereocenters. The van der Waals surface area contributed by atoms with Gasteiger partial charge in [-0.05, 0) is 68.6 Å². The van der Waals surface area contributed by atoms with Crippen LogP contribution in [0.3, 0.4) is 0 Å². The SMILES string of the molecule is CSC(c1ccc(C(SC)C2SC=C(CCS)S2)cc1)C1SC=C(CCS)S1. The van der Waals surface area contributed by atoms with Gasteiger partial charge in [-0.1, -0.05) is 24.3 Å². The number of benzene rings is 1. The Morgan fingerprint density at radius 2 is 1.18 bits per heavy atom. The number of hydrogen-bond donors (Lipinski definition) is 2. The van der Waals surface area contributed by atoms with E-state index in [9.17, 15) is 0 Å². The second-order valence-corrected chi connectivity index (χ2v) is 14.4. The summed E-state index contributed by atoms with van der Waals surface area (Å²) in [4.78, 5) is 2.98. The molecule has 0 amide bonds. The minimum atomic E-state index is 0.518. The zero-order valence-corrected chi connectivity index (χ0v) is 22.6. The molecular weight excluding hydrogens is 497 g/mol. The lowest BCUT2D eigenvalue weighted by Gasteiger charge is -2.24. The minimum absolute atomic E-state index is 0.518. The van der Waals surface area contributed by atoms with Crippen molar-refractivity contribution < 1.29 is 0 Å². The predicted molar refractivity (Wildman–Crippen MR) is 150 cm³/mol. The van der Waals surface area contributed by atoms with E-state index in [4.69, 9.17) is 0 Å². The molecule has 2 aliphatic heterocycles. The van der Waals surface area contributed by atoms with Gasteiger partial charge in [0.15, 0.2) is 0 Å². The number of thiol groups is 2. The molecule has 8 heteroatoms. The van der Waals surface area contributed by atoms with Crippen molar-refractivity contribution in [3.8, 4) is 0 Å². The van der Waals surface area contributed by atoms with E-state index < -0.39 is 0 Å². The number of hydrogen-bond acceptors (Lipinski definition) is 8. The van der Waals surface area contributed by atoms with Crippen molar-refractivity contribution in [3.63, 3.8) is 0 Å². The molecule has 0 fully saturated rings. The maximum Gasteiger partial charge on any atom is 0.0747 e. The van der Waals surface area contributed by atoms with Gasteiger partial charge < -0.3 is 0 Å². The zero-order valence-electron chi connectivity index (χ0n) is 15.9. The zero-order chi connectivity index (χ0) is 19.9. The van der Waals surface area contributed by atoms with Crippen LogP contribution in [0.1, 0.15) is 34.5 Å². The third-order valence-electron chi connectivity index (χ3n) is 4.51. The summed E-state index contributed by atoms with van der Waals surface area (Å²) in [6.07, 6.45) is 6.66. The van der Waals surface area contributed by atoms with Crippen molar-refractivity contribution in [2.24, 2.45) is 0 Å². The first-order valence-corrected chi connectivity index (χ1v) is 16.6. The maximum atomic E-state index is 4.38. The molecule has 3 rings (SSSR count). The molecule has 0 aliphatic carbocycles. The smallest absolute Gasteiger partial charge is 0.0747 e. The Kier molecular flexibility index (Phi) is 10.8. The highest BCUT2D eigenvalue weighted by Crippen LogP contribution is 2.53. The lowest BCUT2D eigenvalue weighted by atomic mass is 10.1. The van der Waals surface area contributed by atoms with Crippen molar-refractivity contribution in [2.75, 3.05) is 24.0 Å². The Hall–Kier alpha value is 1.50.